The average Bonchev–Trinajstić information content (AvgIpc) is 2.69. The van der Waals surface area contributed by atoms with Gasteiger partial charge in [-0.05, 0) is 42.7 Å². The van der Waals surface area contributed by atoms with Crippen LogP contribution >= 0.6 is 0 Å². The van der Waals surface area contributed by atoms with E-state index in [1.807, 2.05) is 35.2 Å². The van der Waals surface area contributed by atoms with Crippen LogP contribution in [0.25, 0.3) is 0 Å². The molecule has 0 unspecified atom stereocenters. The maximum Gasteiger partial charge on any atom is 0.253 e. The zero-order chi connectivity index (χ0) is 19.5. The molecule has 144 valence electrons. The summed E-state index contributed by atoms with van der Waals surface area (Å²) >= 11 is 0. The van der Waals surface area contributed by atoms with Crippen LogP contribution in [0.15, 0.2) is 54.6 Å². The van der Waals surface area contributed by atoms with Crippen LogP contribution in [0.4, 0.5) is 5.69 Å². The Balaban J connectivity index is 1.95. The van der Waals surface area contributed by atoms with Crippen molar-refractivity contribution in [3.63, 3.8) is 0 Å². The first-order valence-corrected chi connectivity index (χ1v) is 9.87. The lowest BCUT2D eigenvalue weighted by Crippen LogP contribution is -2.32. The van der Waals surface area contributed by atoms with E-state index in [0.717, 1.165) is 44.3 Å². The third-order valence-corrected chi connectivity index (χ3v) is 4.47. The zero-order valence-corrected chi connectivity index (χ0v) is 16.4. The second-order valence-electron chi connectivity index (χ2n) is 6.79. The van der Waals surface area contributed by atoms with Gasteiger partial charge in [0.25, 0.3) is 5.91 Å². The molecule has 1 N–H and O–H groups in total. The minimum Gasteiger partial charge on any atom is -0.339 e. The van der Waals surface area contributed by atoms with E-state index in [-0.39, 0.29) is 11.8 Å². The van der Waals surface area contributed by atoms with Gasteiger partial charge in [-0.2, -0.15) is 0 Å². The molecule has 0 bridgehead atoms. The van der Waals surface area contributed by atoms with E-state index in [1.165, 1.54) is 0 Å². The smallest absolute Gasteiger partial charge is 0.253 e. The molecule has 4 nitrogen and oxygen atoms in total. The van der Waals surface area contributed by atoms with Crippen molar-refractivity contribution in [1.82, 2.24) is 4.90 Å². The number of unbranched alkanes of at least 4 members (excludes halogenated alkanes) is 2. The van der Waals surface area contributed by atoms with Crippen molar-refractivity contribution < 1.29 is 9.59 Å². The Morgan fingerprint density at radius 1 is 0.852 bits per heavy atom. The van der Waals surface area contributed by atoms with Gasteiger partial charge in [0.15, 0.2) is 0 Å². The fourth-order valence-corrected chi connectivity index (χ4v) is 2.88. The molecule has 0 radical (unpaired) electrons. The van der Waals surface area contributed by atoms with Crippen LogP contribution in [0.2, 0.25) is 0 Å². The number of hydrogen-bond donors (Lipinski definition) is 1. The van der Waals surface area contributed by atoms with Gasteiger partial charge in [0, 0.05) is 24.3 Å². The van der Waals surface area contributed by atoms with Gasteiger partial charge in [0.05, 0.1) is 6.42 Å². The molecule has 2 amide bonds. The van der Waals surface area contributed by atoms with Crippen LogP contribution in [0, 0.1) is 0 Å². The fraction of sp³-hybridized carbons (Fsp3) is 0.391. The molecule has 0 fully saturated rings. The van der Waals surface area contributed by atoms with Crippen molar-refractivity contribution in [2.75, 3.05) is 18.4 Å². The van der Waals surface area contributed by atoms with Crippen LogP contribution in [-0.4, -0.2) is 29.8 Å². The summed E-state index contributed by atoms with van der Waals surface area (Å²) in [5.74, 6) is 0.00635. The molecule has 2 aromatic carbocycles. The van der Waals surface area contributed by atoms with Gasteiger partial charge in [-0.25, -0.2) is 0 Å². The minimum atomic E-state index is -0.0622. The van der Waals surface area contributed by atoms with Crippen LogP contribution in [0.5, 0.6) is 0 Å². The number of benzene rings is 2. The Morgan fingerprint density at radius 2 is 1.44 bits per heavy atom. The number of nitrogens with one attached hydrogen (secondary N) is 1. The lowest BCUT2D eigenvalue weighted by molar-refractivity contribution is -0.115. The lowest BCUT2D eigenvalue weighted by atomic mass is 10.1. The standard InChI is InChI=1S/C23H30N2O2/c1-3-5-16-25(17-6-4-2)23(27)20-12-14-21(15-13-20)24-22(26)18-19-10-8-7-9-11-19/h7-15H,3-6,16-18H2,1-2H3,(H,24,26). The Hall–Kier alpha value is -2.62. The van der Waals surface area contributed by atoms with E-state index >= 15 is 0 Å². The first-order valence-electron chi connectivity index (χ1n) is 9.87. The van der Waals surface area contributed by atoms with E-state index in [4.69, 9.17) is 0 Å². The van der Waals surface area contributed by atoms with Gasteiger partial charge >= 0.3 is 0 Å². The van der Waals surface area contributed by atoms with E-state index in [9.17, 15) is 9.59 Å². The quantitative estimate of drug-likeness (QED) is 0.649. The second-order valence-corrected chi connectivity index (χ2v) is 6.79. The molecule has 0 heterocycles. The topological polar surface area (TPSA) is 49.4 Å². The Bertz CT molecular complexity index is 703. The van der Waals surface area contributed by atoms with Crippen LogP contribution in [-0.2, 0) is 11.2 Å². The van der Waals surface area contributed by atoms with Crippen LogP contribution < -0.4 is 5.32 Å². The average molecular weight is 367 g/mol. The first-order chi connectivity index (χ1) is 13.1. The molecule has 2 aromatic rings. The Morgan fingerprint density at radius 3 is 2.00 bits per heavy atom. The summed E-state index contributed by atoms with van der Waals surface area (Å²) in [6.07, 6.45) is 4.51. The molecule has 4 heteroatoms. The second kappa shape index (κ2) is 11.2. The van der Waals surface area contributed by atoms with E-state index in [1.54, 1.807) is 24.3 Å². The van der Waals surface area contributed by atoms with Crippen molar-refractivity contribution in [2.24, 2.45) is 0 Å². The molecule has 0 aromatic heterocycles. The van der Waals surface area contributed by atoms with E-state index in [0.29, 0.717) is 17.7 Å². The van der Waals surface area contributed by atoms with E-state index in [2.05, 4.69) is 19.2 Å². The number of rotatable bonds is 10. The van der Waals surface area contributed by atoms with Gasteiger partial charge in [0.1, 0.15) is 0 Å². The Kier molecular flexibility index (Phi) is 8.56. The number of amides is 2. The number of anilines is 1. The number of carbonyl (C=O) groups excluding carboxylic acids is 2. The maximum atomic E-state index is 12.8. The highest BCUT2D eigenvalue weighted by Crippen LogP contribution is 2.14. The predicted octanol–water partition coefficient (Wildman–Crippen LogP) is 4.91. The summed E-state index contributed by atoms with van der Waals surface area (Å²) in [5.41, 5.74) is 2.36. The summed E-state index contributed by atoms with van der Waals surface area (Å²) in [6, 6.07) is 16.8. The fourth-order valence-electron chi connectivity index (χ4n) is 2.88. The number of hydrogen-bond acceptors (Lipinski definition) is 2. The Labute approximate surface area is 162 Å². The van der Waals surface area contributed by atoms with Crippen LogP contribution in [0.1, 0.15) is 55.5 Å². The largest absolute Gasteiger partial charge is 0.339 e. The predicted molar refractivity (Wildman–Crippen MR) is 111 cm³/mol. The number of nitrogens with zero attached hydrogens (tertiary/aromatic N) is 1. The van der Waals surface area contributed by atoms with Crippen molar-refractivity contribution in [1.29, 1.82) is 0 Å². The van der Waals surface area contributed by atoms with Gasteiger partial charge in [0.2, 0.25) is 5.91 Å². The minimum absolute atomic E-state index is 0.0622. The molecule has 0 aliphatic rings. The maximum absolute atomic E-state index is 12.8. The van der Waals surface area contributed by atoms with Crippen molar-refractivity contribution >= 4 is 17.5 Å². The van der Waals surface area contributed by atoms with Crippen molar-refractivity contribution in [3.8, 4) is 0 Å². The highest BCUT2D eigenvalue weighted by molar-refractivity contribution is 5.96. The molecule has 27 heavy (non-hydrogen) atoms. The van der Waals surface area contributed by atoms with E-state index < -0.39 is 0 Å². The molecule has 0 saturated carbocycles. The monoisotopic (exact) mass is 366 g/mol. The zero-order valence-electron chi connectivity index (χ0n) is 16.4. The summed E-state index contributed by atoms with van der Waals surface area (Å²) in [5, 5.41) is 2.89. The highest BCUT2D eigenvalue weighted by Gasteiger charge is 2.15. The van der Waals surface area contributed by atoms with Gasteiger partial charge in [-0.1, -0.05) is 57.0 Å². The molecule has 0 atom stereocenters. The van der Waals surface area contributed by atoms with Crippen molar-refractivity contribution in [2.45, 2.75) is 46.0 Å². The van der Waals surface area contributed by atoms with Crippen LogP contribution in [0.3, 0.4) is 0 Å². The third-order valence-electron chi connectivity index (χ3n) is 4.47. The molecule has 0 spiro atoms. The lowest BCUT2D eigenvalue weighted by Gasteiger charge is -2.22. The molecular formula is C23H30N2O2. The summed E-state index contributed by atoms with van der Waals surface area (Å²) in [4.78, 5) is 26.9. The first kappa shape index (κ1) is 20.7. The summed E-state index contributed by atoms with van der Waals surface area (Å²) in [7, 11) is 0. The van der Waals surface area contributed by atoms with Gasteiger partial charge in [-0.3, -0.25) is 9.59 Å². The summed E-state index contributed by atoms with van der Waals surface area (Å²) < 4.78 is 0. The van der Waals surface area contributed by atoms with Gasteiger partial charge < -0.3 is 10.2 Å². The molecule has 2 rings (SSSR count). The van der Waals surface area contributed by atoms with Crippen molar-refractivity contribution in [3.05, 3.63) is 65.7 Å². The summed E-state index contributed by atoms with van der Waals surface area (Å²) in [6.45, 7) is 5.86. The molecular weight excluding hydrogens is 336 g/mol. The third kappa shape index (κ3) is 6.89. The highest BCUT2D eigenvalue weighted by atomic mass is 16.2. The SMILES string of the molecule is CCCCN(CCCC)C(=O)c1ccc(NC(=O)Cc2ccccc2)cc1. The molecule has 0 aliphatic carbocycles. The number of carbonyl (C=O) groups is 2. The molecule has 0 saturated heterocycles. The molecule has 0 aliphatic heterocycles. The van der Waals surface area contributed by atoms with Gasteiger partial charge in [-0.15, -0.1) is 0 Å². The normalized spacial score (nSPS) is 10.4.